The number of hydrogen-bond donors (Lipinski definition) is 6. The van der Waals surface area contributed by atoms with Crippen molar-refractivity contribution in [2.24, 2.45) is 0 Å². The Labute approximate surface area is 218 Å². The third-order valence-corrected chi connectivity index (χ3v) is 9.50. The lowest BCUT2D eigenvalue weighted by molar-refractivity contribution is 0.481. The summed E-state index contributed by atoms with van der Waals surface area (Å²) in [6.45, 7) is 0. The molecule has 0 bridgehead atoms. The average molecular weight is 586 g/mol. The molecule has 0 aliphatic rings. The predicted octanol–water partition coefficient (Wildman–Crippen LogP) is 4.33. The number of rotatable bonds is 3. The number of aromatic amines is 3. The van der Waals surface area contributed by atoms with Crippen molar-refractivity contribution in [2.75, 3.05) is 0 Å². The summed E-state index contributed by atoms with van der Waals surface area (Å²) in [5, 5.41) is 2.68. The molecule has 7 rings (SSSR count). The molecule has 7 aromatic rings. The molecule has 0 saturated heterocycles. The molecule has 0 amide bonds. The van der Waals surface area contributed by atoms with Crippen LogP contribution >= 0.6 is 0 Å². The molecule has 6 N–H and O–H groups in total. The van der Waals surface area contributed by atoms with Crippen molar-refractivity contribution < 1.29 is 38.9 Å². The van der Waals surface area contributed by atoms with E-state index in [1.165, 1.54) is 54.6 Å². The van der Waals surface area contributed by atoms with Gasteiger partial charge in [-0.05, 0) is 54.6 Å². The molecular weight excluding hydrogens is 570 g/mol. The van der Waals surface area contributed by atoms with Crippen molar-refractivity contribution in [1.29, 1.82) is 0 Å². The van der Waals surface area contributed by atoms with Gasteiger partial charge in [-0.1, -0.05) is 0 Å². The van der Waals surface area contributed by atoms with Crippen molar-refractivity contribution in [3.05, 3.63) is 54.6 Å². The summed E-state index contributed by atoms with van der Waals surface area (Å²) in [6, 6.07) is 12.0. The summed E-state index contributed by atoms with van der Waals surface area (Å²) in [6.07, 6.45) is 0. The number of H-pyrrole nitrogens is 3. The van der Waals surface area contributed by atoms with Gasteiger partial charge in [0, 0.05) is 48.9 Å². The molecule has 0 unspecified atom stereocenters. The van der Waals surface area contributed by atoms with Gasteiger partial charge in [0.15, 0.2) is 0 Å². The highest BCUT2D eigenvalue weighted by Gasteiger charge is 2.24. The van der Waals surface area contributed by atoms with E-state index in [0.29, 0.717) is 65.4 Å². The summed E-state index contributed by atoms with van der Waals surface area (Å²) < 4.78 is 101. The van der Waals surface area contributed by atoms with Crippen molar-refractivity contribution in [1.82, 2.24) is 15.0 Å². The number of nitrogens with one attached hydrogen (secondary N) is 3. The van der Waals surface area contributed by atoms with Crippen molar-refractivity contribution in [3.63, 3.8) is 0 Å². The number of fused-ring (bicyclic) bond motifs is 12. The molecule has 198 valence electrons. The molecule has 0 aliphatic carbocycles. The second kappa shape index (κ2) is 7.35. The van der Waals surface area contributed by atoms with Crippen LogP contribution in [0.5, 0.6) is 0 Å². The summed E-state index contributed by atoms with van der Waals surface area (Å²) in [7, 11) is -13.7. The van der Waals surface area contributed by atoms with E-state index in [9.17, 15) is 38.9 Å². The van der Waals surface area contributed by atoms with Gasteiger partial charge in [-0.15, -0.1) is 0 Å². The van der Waals surface area contributed by atoms with Crippen LogP contribution in [-0.4, -0.2) is 53.9 Å². The molecule has 0 saturated carbocycles. The smallest absolute Gasteiger partial charge is 0.294 e. The molecule has 0 spiro atoms. The first-order valence-corrected chi connectivity index (χ1v) is 15.4. The second-order valence-electron chi connectivity index (χ2n) is 9.17. The minimum absolute atomic E-state index is 0.330. The first-order chi connectivity index (χ1) is 18.2. The van der Waals surface area contributed by atoms with E-state index in [0.717, 1.165) is 0 Å². The minimum Gasteiger partial charge on any atom is -0.354 e. The maximum atomic E-state index is 12.0. The highest BCUT2D eigenvalue weighted by molar-refractivity contribution is 7.86. The van der Waals surface area contributed by atoms with Crippen LogP contribution in [0.25, 0.3) is 65.4 Å². The molecule has 15 heteroatoms. The molecule has 0 atom stereocenters. The predicted molar refractivity (Wildman–Crippen MR) is 144 cm³/mol. The van der Waals surface area contributed by atoms with E-state index in [1.54, 1.807) is 0 Å². The summed E-state index contributed by atoms with van der Waals surface area (Å²) in [4.78, 5) is 8.68. The van der Waals surface area contributed by atoms with Crippen LogP contribution < -0.4 is 0 Å². The Morgan fingerprint density at radius 1 is 0.436 bits per heavy atom. The van der Waals surface area contributed by atoms with Gasteiger partial charge in [0.1, 0.15) is 0 Å². The quantitative estimate of drug-likeness (QED) is 0.163. The largest absolute Gasteiger partial charge is 0.354 e. The Morgan fingerprint density at radius 2 is 0.744 bits per heavy atom. The van der Waals surface area contributed by atoms with Crippen LogP contribution in [0.2, 0.25) is 0 Å². The molecule has 3 aromatic heterocycles. The monoisotopic (exact) mass is 585 g/mol. The summed E-state index contributed by atoms with van der Waals surface area (Å²) in [5.41, 5.74) is 2.97. The molecule has 0 radical (unpaired) electrons. The normalized spacial score (nSPS) is 13.6. The highest BCUT2D eigenvalue weighted by atomic mass is 32.2. The van der Waals surface area contributed by atoms with Gasteiger partial charge < -0.3 is 15.0 Å². The minimum atomic E-state index is -4.57. The molecule has 39 heavy (non-hydrogen) atoms. The molecular formula is C24H15N3O9S3. The topological polar surface area (TPSA) is 210 Å². The summed E-state index contributed by atoms with van der Waals surface area (Å²) >= 11 is 0. The SMILES string of the molecule is O=S(=O)(O)c1ccc2[nH]c3c4[nH]c5ccc(S(=O)(=O)O)cc5c4c4c5cc(S(=O)(=O)O)ccc5[nH]c4c3c2c1. The Kier molecular flexibility index (Phi) is 4.54. The maximum Gasteiger partial charge on any atom is 0.294 e. The fourth-order valence-electron chi connectivity index (χ4n) is 5.34. The van der Waals surface area contributed by atoms with Crippen LogP contribution in [0.3, 0.4) is 0 Å². The zero-order valence-electron chi connectivity index (χ0n) is 19.2. The van der Waals surface area contributed by atoms with Gasteiger partial charge in [-0.3, -0.25) is 13.7 Å². The highest BCUT2D eigenvalue weighted by Crippen LogP contribution is 2.45. The Balaban J connectivity index is 1.80. The molecule has 0 fully saturated rings. The van der Waals surface area contributed by atoms with Gasteiger partial charge in [0.2, 0.25) is 0 Å². The fourth-order valence-corrected chi connectivity index (χ4v) is 6.86. The Hall–Kier alpha value is -3.99. The average Bonchev–Trinajstić information content (AvgIpc) is 3.51. The first-order valence-electron chi connectivity index (χ1n) is 11.1. The van der Waals surface area contributed by atoms with Crippen LogP contribution in [0, 0.1) is 0 Å². The van der Waals surface area contributed by atoms with Crippen molar-refractivity contribution in [2.45, 2.75) is 14.7 Å². The van der Waals surface area contributed by atoms with Crippen LogP contribution in [0.1, 0.15) is 0 Å². The lowest BCUT2D eigenvalue weighted by Gasteiger charge is -2.03. The maximum absolute atomic E-state index is 12.0. The van der Waals surface area contributed by atoms with Gasteiger partial charge in [0.25, 0.3) is 30.4 Å². The molecule has 0 aliphatic heterocycles. The van der Waals surface area contributed by atoms with E-state index in [-0.39, 0.29) is 14.7 Å². The van der Waals surface area contributed by atoms with Crippen LogP contribution in [0.4, 0.5) is 0 Å². The molecule has 12 nitrogen and oxygen atoms in total. The second-order valence-corrected chi connectivity index (χ2v) is 13.4. The zero-order valence-corrected chi connectivity index (χ0v) is 21.7. The van der Waals surface area contributed by atoms with Crippen LogP contribution in [-0.2, 0) is 30.4 Å². The van der Waals surface area contributed by atoms with E-state index < -0.39 is 30.4 Å². The fraction of sp³-hybridized carbons (Fsp3) is 0. The van der Waals surface area contributed by atoms with Crippen LogP contribution in [0.15, 0.2) is 69.3 Å². The standard InChI is InChI=1S/C24H15N3O9S3/c28-37(29,30)10-1-4-16-13(7-10)19-20-14-8-11(38(31,32)33)2-5-17(14)26-23(20)24-21(22(19)25-16)15-9-12(39(34,35)36)3-6-18(15)27-24/h1-9,25-27H,(H,28,29,30)(H,31,32,33)(H,34,35,36). The van der Waals surface area contributed by atoms with E-state index >= 15 is 0 Å². The van der Waals surface area contributed by atoms with Gasteiger partial charge in [-0.2, -0.15) is 25.3 Å². The number of benzene rings is 4. The number of hydrogen-bond acceptors (Lipinski definition) is 6. The van der Waals surface area contributed by atoms with Gasteiger partial charge >= 0.3 is 0 Å². The van der Waals surface area contributed by atoms with Crippen molar-refractivity contribution in [3.8, 4) is 0 Å². The van der Waals surface area contributed by atoms with Crippen molar-refractivity contribution >= 4 is 95.8 Å². The lowest BCUT2D eigenvalue weighted by Crippen LogP contribution is -1.97. The van der Waals surface area contributed by atoms with Gasteiger partial charge in [0.05, 0.1) is 31.2 Å². The van der Waals surface area contributed by atoms with E-state index in [4.69, 9.17) is 0 Å². The van der Waals surface area contributed by atoms with E-state index in [1.807, 2.05) is 0 Å². The third-order valence-electron chi connectivity index (χ3n) is 6.95. The lowest BCUT2D eigenvalue weighted by atomic mass is 10.0. The van der Waals surface area contributed by atoms with E-state index in [2.05, 4.69) is 15.0 Å². The zero-order chi connectivity index (χ0) is 27.6. The number of aromatic nitrogens is 3. The summed E-state index contributed by atoms with van der Waals surface area (Å²) in [5.74, 6) is 0. The Bertz CT molecular complexity index is 2580. The molecule has 4 aromatic carbocycles. The third kappa shape index (κ3) is 3.42. The Morgan fingerprint density at radius 3 is 1.13 bits per heavy atom. The first kappa shape index (κ1) is 24.1. The van der Waals surface area contributed by atoms with Gasteiger partial charge in [-0.25, -0.2) is 0 Å². The molecule has 3 heterocycles.